The van der Waals surface area contributed by atoms with Crippen LogP contribution in [0.25, 0.3) is 22.3 Å². The summed E-state index contributed by atoms with van der Waals surface area (Å²) >= 11 is 1.27. The van der Waals surface area contributed by atoms with Crippen molar-refractivity contribution < 1.29 is 4.42 Å². The first kappa shape index (κ1) is 21.4. The molecule has 4 rings (SSSR count). The van der Waals surface area contributed by atoms with Crippen molar-refractivity contribution in [3.05, 3.63) is 45.1 Å². The predicted octanol–water partition coefficient (Wildman–Crippen LogP) is 4.47. The van der Waals surface area contributed by atoms with Crippen LogP contribution < -0.4 is 11.2 Å². The molecule has 3 heterocycles. The van der Waals surface area contributed by atoms with Crippen molar-refractivity contribution >= 4 is 34.0 Å². The second kappa shape index (κ2) is 9.55. The standard InChI is InChI=1S/C22H27N5O3S/c1-3-4-5-6-7-8-11-14-27-17-18(26(2)20(29)25-19(17)28)24-21(27)31-22-23-15-12-9-10-13-16(15)30-22/h9-10,12-13H,3-8,11,14H2,1-2H3,(H,25,28,29). The van der Waals surface area contributed by atoms with Crippen molar-refractivity contribution in [2.24, 2.45) is 7.05 Å². The van der Waals surface area contributed by atoms with Crippen LogP contribution >= 0.6 is 11.8 Å². The number of unbranched alkanes of at least 4 members (excludes halogenated alkanes) is 6. The van der Waals surface area contributed by atoms with Gasteiger partial charge in [0, 0.05) is 25.4 Å². The Morgan fingerprint density at radius 2 is 1.77 bits per heavy atom. The summed E-state index contributed by atoms with van der Waals surface area (Å²) in [4.78, 5) is 36.2. The van der Waals surface area contributed by atoms with Gasteiger partial charge >= 0.3 is 5.69 Å². The van der Waals surface area contributed by atoms with Crippen molar-refractivity contribution in [3.63, 3.8) is 0 Å². The molecule has 0 atom stereocenters. The monoisotopic (exact) mass is 441 g/mol. The fraction of sp³-hybridized carbons (Fsp3) is 0.455. The van der Waals surface area contributed by atoms with Gasteiger partial charge in [-0.2, -0.15) is 0 Å². The van der Waals surface area contributed by atoms with Crippen LogP contribution in [0.5, 0.6) is 0 Å². The molecule has 0 bridgehead atoms. The number of nitrogens with one attached hydrogen (secondary N) is 1. The minimum Gasteiger partial charge on any atom is -0.431 e. The number of oxazole rings is 1. The van der Waals surface area contributed by atoms with Gasteiger partial charge in [0.05, 0.1) is 0 Å². The van der Waals surface area contributed by atoms with Gasteiger partial charge in [0.2, 0.25) is 0 Å². The molecule has 8 nitrogen and oxygen atoms in total. The van der Waals surface area contributed by atoms with Gasteiger partial charge in [-0.3, -0.25) is 14.3 Å². The topological polar surface area (TPSA) is 98.7 Å². The van der Waals surface area contributed by atoms with Gasteiger partial charge in [-0.15, -0.1) is 0 Å². The predicted molar refractivity (Wildman–Crippen MR) is 122 cm³/mol. The lowest BCUT2D eigenvalue weighted by molar-refractivity contribution is 0.486. The molecule has 1 N–H and O–H groups in total. The number of nitrogens with zero attached hydrogens (tertiary/aromatic N) is 4. The lowest BCUT2D eigenvalue weighted by Crippen LogP contribution is -2.29. The molecule has 0 unspecified atom stereocenters. The summed E-state index contributed by atoms with van der Waals surface area (Å²) < 4.78 is 9.09. The molecule has 0 saturated heterocycles. The van der Waals surface area contributed by atoms with E-state index in [1.165, 1.54) is 48.4 Å². The van der Waals surface area contributed by atoms with E-state index >= 15 is 0 Å². The van der Waals surface area contributed by atoms with Crippen LogP contribution in [-0.2, 0) is 13.6 Å². The Hall–Kier alpha value is -2.81. The third-order valence-corrected chi connectivity index (χ3v) is 6.25. The summed E-state index contributed by atoms with van der Waals surface area (Å²) in [5.41, 5.74) is 1.35. The van der Waals surface area contributed by atoms with E-state index in [4.69, 9.17) is 4.42 Å². The molecule has 0 saturated carbocycles. The van der Waals surface area contributed by atoms with Crippen LogP contribution in [0.1, 0.15) is 51.9 Å². The van der Waals surface area contributed by atoms with E-state index in [2.05, 4.69) is 21.9 Å². The quantitative estimate of drug-likeness (QED) is 0.365. The van der Waals surface area contributed by atoms with Crippen molar-refractivity contribution in [3.8, 4) is 0 Å². The average Bonchev–Trinajstić information content (AvgIpc) is 3.33. The van der Waals surface area contributed by atoms with E-state index in [-0.39, 0.29) is 0 Å². The number of para-hydroxylation sites is 2. The van der Waals surface area contributed by atoms with Crippen molar-refractivity contribution in [1.82, 2.24) is 24.1 Å². The highest BCUT2D eigenvalue weighted by atomic mass is 32.2. The molecule has 3 aromatic heterocycles. The summed E-state index contributed by atoms with van der Waals surface area (Å²) in [7, 11) is 1.61. The number of aryl methyl sites for hydroxylation is 2. The first-order chi connectivity index (χ1) is 15.1. The average molecular weight is 442 g/mol. The lowest BCUT2D eigenvalue weighted by atomic mass is 10.1. The van der Waals surface area contributed by atoms with E-state index < -0.39 is 11.2 Å². The molecular weight excluding hydrogens is 414 g/mol. The highest BCUT2D eigenvalue weighted by Gasteiger charge is 2.20. The van der Waals surface area contributed by atoms with Gasteiger partial charge in [-0.25, -0.2) is 14.8 Å². The normalized spacial score (nSPS) is 11.7. The highest BCUT2D eigenvalue weighted by molar-refractivity contribution is 7.99. The first-order valence-corrected chi connectivity index (χ1v) is 11.6. The molecule has 0 aliphatic carbocycles. The number of rotatable bonds is 10. The zero-order valence-electron chi connectivity index (χ0n) is 17.9. The number of imidazole rings is 1. The Morgan fingerprint density at radius 3 is 2.55 bits per heavy atom. The Balaban J connectivity index is 1.62. The van der Waals surface area contributed by atoms with E-state index in [1.807, 2.05) is 28.8 Å². The molecular formula is C22H27N5O3S. The number of aromatic nitrogens is 5. The van der Waals surface area contributed by atoms with Crippen molar-refractivity contribution in [2.45, 2.75) is 68.8 Å². The smallest absolute Gasteiger partial charge is 0.329 e. The van der Waals surface area contributed by atoms with Crippen LogP contribution in [0.4, 0.5) is 0 Å². The summed E-state index contributed by atoms with van der Waals surface area (Å²) in [5.74, 6) is 0. The third kappa shape index (κ3) is 4.61. The van der Waals surface area contributed by atoms with Crippen LogP contribution in [0.3, 0.4) is 0 Å². The second-order valence-electron chi connectivity index (χ2n) is 7.71. The van der Waals surface area contributed by atoms with Crippen molar-refractivity contribution in [2.75, 3.05) is 0 Å². The Kier molecular flexibility index (Phi) is 6.60. The van der Waals surface area contributed by atoms with Gasteiger partial charge in [0.1, 0.15) is 5.52 Å². The number of H-pyrrole nitrogens is 1. The number of fused-ring (bicyclic) bond motifs is 2. The number of hydrogen-bond acceptors (Lipinski definition) is 6. The van der Waals surface area contributed by atoms with Gasteiger partial charge in [0.15, 0.2) is 21.9 Å². The van der Waals surface area contributed by atoms with Gasteiger partial charge in [-0.05, 0) is 18.6 Å². The first-order valence-electron chi connectivity index (χ1n) is 10.8. The molecule has 0 fully saturated rings. The fourth-order valence-electron chi connectivity index (χ4n) is 3.70. The molecule has 0 radical (unpaired) electrons. The molecule has 0 spiro atoms. The zero-order valence-corrected chi connectivity index (χ0v) is 18.7. The third-order valence-electron chi connectivity index (χ3n) is 5.41. The SMILES string of the molecule is CCCCCCCCCn1c(Sc2nc3ccccc3o2)nc2c1c(=O)[nH]c(=O)n2C. The highest BCUT2D eigenvalue weighted by Crippen LogP contribution is 2.31. The molecule has 0 aliphatic rings. The number of benzene rings is 1. The largest absolute Gasteiger partial charge is 0.431 e. The minimum atomic E-state index is -0.475. The Labute approximate surface area is 183 Å². The van der Waals surface area contributed by atoms with Crippen LogP contribution in [0.2, 0.25) is 0 Å². The summed E-state index contributed by atoms with van der Waals surface area (Å²) in [5, 5.41) is 1.05. The summed E-state index contributed by atoms with van der Waals surface area (Å²) in [6, 6.07) is 7.55. The van der Waals surface area contributed by atoms with Gasteiger partial charge in [0.25, 0.3) is 10.8 Å². The van der Waals surface area contributed by atoms with E-state index in [9.17, 15) is 9.59 Å². The number of aromatic amines is 1. The molecule has 9 heteroatoms. The maximum absolute atomic E-state index is 12.6. The van der Waals surface area contributed by atoms with E-state index in [0.29, 0.717) is 33.7 Å². The van der Waals surface area contributed by atoms with Gasteiger partial charge < -0.3 is 8.98 Å². The van der Waals surface area contributed by atoms with Crippen LogP contribution in [-0.4, -0.2) is 24.1 Å². The van der Waals surface area contributed by atoms with E-state index in [0.717, 1.165) is 18.4 Å². The fourth-order valence-corrected chi connectivity index (χ4v) is 4.56. The molecule has 164 valence electrons. The maximum atomic E-state index is 12.6. The van der Waals surface area contributed by atoms with Crippen LogP contribution in [0.15, 0.2) is 48.7 Å². The molecule has 0 amide bonds. The van der Waals surface area contributed by atoms with Crippen LogP contribution in [0, 0.1) is 0 Å². The molecule has 31 heavy (non-hydrogen) atoms. The number of hydrogen-bond donors (Lipinski definition) is 1. The molecule has 4 aromatic rings. The van der Waals surface area contributed by atoms with Gasteiger partial charge in [-0.1, -0.05) is 57.6 Å². The zero-order chi connectivity index (χ0) is 21.8. The molecule has 0 aliphatic heterocycles. The van der Waals surface area contributed by atoms with Crippen molar-refractivity contribution in [1.29, 1.82) is 0 Å². The van der Waals surface area contributed by atoms with E-state index in [1.54, 1.807) is 7.05 Å². The minimum absolute atomic E-state index is 0.371. The Morgan fingerprint density at radius 1 is 1.03 bits per heavy atom. The second-order valence-corrected chi connectivity index (χ2v) is 8.63. The maximum Gasteiger partial charge on any atom is 0.329 e. The Bertz CT molecular complexity index is 1270. The summed E-state index contributed by atoms with van der Waals surface area (Å²) in [6.45, 7) is 2.86. The summed E-state index contributed by atoms with van der Waals surface area (Å²) in [6.07, 6.45) is 8.21. The lowest BCUT2D eigenvalue weighted by Gasteiger charge is -2.07. The molecule has 1 aromatic carbocycles.